The van der Waals surface area contributed by atoms with E-state index in [1.165, 1.54) is 19.3 Å². The van der Waals surface area contributed by atoms with Gasteiger partial charge in [0.05, 0.1) is 36.5 Å². The highest BCUT2D eigenvalue weighted by Crippen LogP contribution is 2.43. The van der Waals surface area contributed by atoms with Gasteiger partial charge in [-0.3, -0.25) is 0 Å². The SMILES string of the molecule is N#CCCOC1C[C@H]2CCC[C@@H](C1)C2Nc1c(C#N)cnc2[nH]ccc12. The van der Waals surface area contributed by atoms with Crippen LogP contribution in [0.4, 0.5) is 5.69 Å². The quantitative estimate of drug-likeness (QED) is 0.802. The fourth-order valence-electron chi connectivity index (χ4n) is 4.74. The third-order valence-electron chi connectivity index (χ3n) is 5.88. The van der Waals surface area contributed by atoms with E-state index < -0.39 is 0 Å². The number of pyridine rings is 1. The Kier molecular flexibility index (Phi) is 4.77. The Morgan fingerprint density at radius 2 is 2.08 bits per heavy atom. The van der Waals surface area contributed by atoms with Crippen LogP contribution in [0.1, 0.15) is 44.1 Å². The van der Waals surface area contributed by atoms with Gasteiger partial charge in [-0.25, -0.2) is 4.98 Å². The molecule has 0 spiro atoms. The summed E-state index contributed by atoms with van der Waals surface area (Å²) in [5.41, 5.74) is 2.32. The zero-order valence-electron chi connectivity index (χ0n) is 14.7. The summed E-state index contributed by atoms with van der Waals surface area (Å²) in [6.45, 7) is 0.533. The highest BCUT2D eigenvalue weighted by Gasteiger charge is 2.41. The number of rotatable bonds is 5. The van der Waals surface area contributed by atoms with Crippen LogP contribution in [0, 0.1) is 34.5 Å². The molecule has 0 aliphatic heterocycles. The first-order chi connectivity index (χ1) is 12.8. The maximum Gasteiger partial charge on any atom is 0.139 e. The van der Waals surface area contributed by atoms with Crippen LogP contribution in [0.2, 0.25) is 0 Å². The van der Waals surface area contributed by atoms with Crippen molar-refractivity contribution in [1.29, 1.82) is 10.5 Å². The molecule has 2 heterocycles. The average molecular weight is 349 g/mol. The lowest BCUT2D eigenvalue weighted by Gasteiger charge is -2.46. The van der Waals surface area contributed by atoms with Gasteiger partial charge in [0.15, 0.2) is 0 Å². The third-order valence-corrected chi connectivity index (χ3v) is 5.88. The van der Waals surface area contributed by atoms with Gasteiger partial charge in [-0.15, -0.1) is 0 Å². The molecule has 2 saturated carbocycles. The molecule has 2 bridgehead atoms. The van der Waals surface area contributed by atoms with Crippen molar-refractivity contribution in [1.82, 2.24) is 9.97 Å². The molecule has 4 atom stereocenters. The van der Waals surface area contributed by atoms with Gasteiger partial charge in [-0.1, -0.05) is 6.42 Å². The number of hydrogen-bond acceptors (Lipinski definition) is 5. The Morgan fingerprint density at radius 1 is 1.27 bits per heavy atom. The minimum absolute atomic E-state index is 0.261. The van der Waals surface area contributed by atoms with Gasteiger partial charge < -0.3 is 15.0 Å². The van der Waals surface area contributed by atoms with Crippen molar-refractivity contribution in [2.24, 2.45) is 11.8 Å². The van der Waals surface area contributed by atoms with E-state index in [-0.39, 0.29) is 6.10 Å². The molecule has 26 heavy (non-hydrogen) atoms. The van der Waals surface area contributed by atoms with Gasteiger partial charge >= 0.3 is 0 Å². The Balaban J connectivity index is 1.55. The second kappa shape index (κ2) is 7.35. The number of nitrogens with one attached hydrogen (secondary N) is 2. The van der Waals surface area contributed by atoms with E-state index in [2.05, 4.69) is 27.4 Å². The number of ether oxygens (including phenoxy) is 1. The molecule has 2 fully saturated rings. The zero-order valence-corrected chi connectivity index (χ0v) is 14.7. The lowest BCUT2D eigenvalue weighted by molar-refractivity contribution is -0.0208. The number of fused-ring (bicyclic) bond motifs is 3. The van der Waals surface area contributed by atoms with Crippen LogP contribution in [-0.4, -0.2) is 28.7 Å². The molecule has 134 valence electrons. The first-order valence-electron chi connectivity index (χ1n) is 9.41. The Bertz CT molecular complexity index is 847. The van der Waals surface area contributed by atoms with E-state index in [1.807, 2.05) is 12.3 Å². The minimum Gasteiger partial charge on any atom is -0.380 e. The smallest absolute Gasteiger partial charge is 0.139 e. The van der Waals surface area contributed by atoms with E-state index in [0.29, 0.717) is 36.5 Å². The molecule has 0 aromatic carbocycles. The van der Waals surface area contributed by atoms with Crippen molar-refractivity contribution < 1.29 is 4.74 Å². The van der Waals surface area contributed by atoms with E-state index >= 15 is 0 Å². The fraction of sp³-hybridized carbons (Fsp3) is 0.550. The molecule has 2 N–H and O–H groups in total. The Labute approximate surface area is 153 Å². The summed E-state index contributed by atoms with van der Waals surface area (Å²) >= 11 is 0. The Morgan fingerprint density at radius 3 is 2.81 bits per heavy atom. The van der Waals surface area contributed by atoms with Crippen LogP contribution in [0.25, 0.3) is 11.0 Å². The number of hydrogen-bond donors (Lipinski definition) is 2. The van der Waals surface area contributed by atoms with Crippen LogP contribution < -0.4 is 5.32 Å². The van der Waals surface area contributed by atoms with E-state index in [1.54, 1.807) is 6.20 Å². The molecular formula is C20H23N5O. The van der Waals surface area contributed by atoms with Gasteiger partial charge in [0.2, 0.25) is 0 Å². The van der Waals surface area contributed by atoms with Crippen molar-refractivity contribution in [3.05, 3.63) is 24.0 Å². The molecule has 0 saturated heterocycles. The maximum atomic E-state index is 9.52. The number of nitrogens with zero attached hydrogens (tertiary/aromatic N) is 3. The molecule has 0 radical (unpaired) electrons. The summed E-state index contributed by atoms with van der Waals surface area (Å²) in [4.78, 5) is 7.46. The van der Waals surface area contributed by atoms with Gasteiger partial charge in [-0.05, 0) is 43.6 Å². The van der Waals surface area contributed by atoms with E-state index in [0.717, 1.165) is 29.6 Å². The second-order valence-electron chi connectivity index (χ2n) is 7.39. The molecule has 6 heteroatoms. The lowest BCUT2D eigenvalue weighted by Crippen LogP contribution is -2.47. The highest BCUT2D eigenvalue weighted by atomic mass is 16.5. The highest BCUT2D eigenvalue weighted by molar-refractivity contribution is 5.92. The second-order valence-corrected chi connectivity index (χ2v) is 7.39. The van der Waals surface area contributed by atoms with Crippen LogP contribution in [0.15, 0.2) is 18.5 Å². The van der Waals surface area contributed by atoms with Crippen LogP contribution in [0.5, 0.6) is 0 Å². The summed E-state index contributed by atoms with van der Waals surface area (Å²) < 4.78 is 5.94. The summed E-state index contributed by atoms with van der Waals surface area (Å²) in [6.07, 6.45) is 9.94. The standard InChI is InChI=1S/C20H23N5O/c21-6-2-8-26-16-9-13-3-1-4-14(10-16)18(13)25-19-15(11-22)12-24-20-17(19)5-7-23-20/h5,7,12-14,16,18H,1-4,8-10H2,(H2,23,24,25)/t13-,14+,16?,18?. The average Bonchev–Trinajstić information content (AvgIpc) is 3.11. The molecule has 0 amide bonds. The normalized spacial score (nSPS) is 27.6. The molecule has 2 unspecified atom stereocenters. The molecule has 2 aromatic heterocycles. The number of anilines is 1. The van der Waals surface area contributed by atoms with Crippen molar-refractivity contribution in [3.63, 3.8) is 0 Å². The monoisotopic (exact) mass is 349 g/mol. The van der Waals surface area contributed by atoms with Gasteiger partial charge in [0, 0.05) is 23.8 Å². The van der Waals surface area contributed by atoms with Crippen molar-refractivity contribution in [2.75, 3.05) is 11.9 Å². The van der Waals surface area contributed by atoms with Gasteiger partial charge in [-0.2, -0.15) is 10.5 Å². The summed E-state index contributed by atoms with van der Waals surface area (Å²) in [7, 11) is 0. The fourth-order valence-corrected chi connectivity index (χ4v) is 4.74. The number of nitriles is 2. The van der Waals surface area contributed by atoms with Crippen LogP contribution in [-0.2, 0) is 4.74 Å². The molecule has 2 aromatic rings. The maximum absolute atomic E-state index is 9.52. The zero-order chi connectivity index (χ0) is 17.9. The number of H-pyrrole nitrogens is 1. The molecule has 2 aliphatic carbocycles. The van der Waals surface area contributed by atoms with Crippen molar-refractivity contribution >= 4 is 16.7 Å². The van der Waals surface area contributed by atoms with E-state index in [4.69, 9.17) is 10.00 Å². The minimum atomic E-state index is 0.261. The van der Waals surface area contributed by atoms with Crippen LogP contribution >= 0.6 is 0 Å². The molecule has 6 nitrogen and oxygen atoms in total. The van der Waals surface area contributed by atoms with Gasteiger partial charge in [0.1, 0.15) is 11.7 Å². The van der Waals surface area contributed by atoms with E-state index in [9.17, 15) is 5.26 Å². The number of aromatic nitrogens is 2. The first kappa shape index (κ1) is 16.9. The predicted octanol–water partition coefficient (Wildman–Crippen LogP) is 3.72. The first-order valence-corrected chi connectivity index (χ1v) is 9.41. The summed E-state index contributed by atoms with van der Waals surface area (Å²) in [5.74, 6) is 1.09. The summed E-state index contributed by atoms with van der Waals surface area (Å²) in [6, 6.07) is 6.78. The lowest BCUT2D eigenvalue weighted by atomic mass is 9.67. The van der Waals surface area contributed by atoms with Crippen molar-refractivity contribution in [2.45, 2.75) is 50.7 Å². The van der Waals surface area contributed by atoms with Crippen molar-refractivity contribution in [3.8, 4) is 12.1 Å². The third kappa shape index (κ3) is 3.13. The molecule has 2 aliphatic rings. The summed E-state index contributed by atoms with van der Waals surface area (Å²) in [5, 5.41) is 22.9. The number of aromatic amines is 1. The van der Waals surface area contributed by atoms with Gasteiger partial charge in [0.25, 0.3) is 0 Å². The van der Waals surface area contributed by atoms with Crippen LogP contribution in [0.3, 0.4) is 0 Å². The predicted molar refractivity (Wildman–Crippen MR) is 98.3 cm³/mol. The Hall–Kier alpha value is -2.57. The topological polar surface area (TPSA) is 97.5 Å². The molecule has 4 rings (SSSR count). The molecular weight excluding hydrogens is 326 g/mol. The largest absolute Gasteiger partial charge is 0.380 e.